The van der Waals surface area contributed by atoms with Crippen LogP contribution in [0.3, 0.4) is 0 Å². The van der Waals surface area contributed by atoms with Crippen molar-refractivity contribution in [2.75, 3.05) is 24.3 Å². The average Bonchev–Trinajstić information content (AvgIpc) is 2.43. The Labute approximate surface area is 125 Å². The summed E-state index contributed by atoms with van der Waals surface area (Å²) in [6, 6.07) is 7.45. The fourth-order valence-electron chi connectivity index (χ4n) is 1.97. The number of carbonyl (C=O) groups excluding carboxylic acids is 1. The molecule has 0 unspecified atom stereocenters. The van der Waals surface area contributed by atoms with E-state index in [1.165, 1.54) is 0 Å². The van der Waals surface area contributed by atoms with Crippen LogP contribution in [0.5, 0.6) is 0 Å². The summed E-state index contributed by atoms with van der Waals surface area (Å²) in [5.41, 5.74) is 3.93. The minimum atomic E-state index is -0.151. The zero-order valence-corrected chi connectivity index (χ0v) is 13.1. The van der Waals surface area contributed by atoms with Crippen LogP contribution in [0.2, 0.25) is 0 Å². The van der Waals surface area contributed by atoms with Crippen LogP contribution >= 0.6 is 0 Å². The molecule has 21 heavy (non-hydrogen) atoms. The summed E-state index contributed by atoms with van der Waals surface area (Å²) in [4.78, 5) is 22.9. The van der Waals surface area contributed by atoms with E-state index < -0.39 is 0 Å². The number of nitrogens with one attached hydrogen (secondary N) is 1. The summed E-state index contributed by atoms with van der Waals surface area (Å²) in [6.45, 7) is 5.72. The summed E-state index contributed by atoms with van der Waals surface area (Å²) >= 11 is 0. The first-order valence-corrected chi connectivity index (χ1v) is 6.79. The smallest absolute Gasteiger partial charge is 0.255 e. The molecule has 110 valence electrons. The van der Waals surface area contributed by atoms with Crippen molar-refractivity contribution in [1.29, 1.82) is 0 Å². The second kappa shape index (κ2) is 5.91. The Morgan fingerprint density at radius 1 is 1.00 bits per heavy atom. The second-order valence-corrected chi connectivity index (χ2v) is 5.28. The van der Waals surface area contributed by atoms with E-state index in [2.05, 4.69) is 15.3 Å². The number of nitrogens with zero attached hydrogens (tertiary/aromatic N) is 3. The topological polar surface area (TPSA) is 58.1 Å². The Morgan fingerprint density at radius 3 is 2.00 bits per heavy atom. The predicted octanol–water partition coefficient (Wildman–Crippen LogP) is 2.72. The molecule has 0 radical (unpaired) electrons. The Balaban J connectivity index is 2.27. The average molecular weight is 284 g/mol. The van der Waals surface area contributed by atoms with E-state index in [0.717, 1.165) is 17.0 Å². The fraction of sp³-hybridized carbons (Fsp3) is 0.312. The molecule has 2 aromatic rings. The van der Waals surface area contributed by atoms with Gasteiger partial charge in [-0.15, -0.1) is 0 Å². The quantitative estimate of drug-likeness (QED) is 0.941. The maximum absolute atomic E-state index is 12.3. The Kier molecular flexibility index (Phi) is 4.21. The molecule has 1 aromatic carbocycles. The van der Waals surface area contributed by atoms with Crippen molar-refractivity contribution in [1.82, 2.24) is 9.97 Å². The number of aryl methyl sites for hydroxylation is 3. The predicted molar refractivity (Wildman–Crippen MR) is 85.0 cm³/mol. The summed E-state index contributed by atoms with van der Waals surface area (Å²) in [7, 11) is 3.78. The molecular weight excluding hydrogens is 264 g/mol. The first-order chi connectivity index (χ1) is 9.88. The van der Waals surface area contributed by atoms with Gasteiger partial charge in [-0.2, -0.15) is 0 Å². The largest absolute Gasteiger partial charge is 0.347 e. The molecule has 2 rings (SSSR count). The molecule has 0 saturated heterocycles. The van der Waals surface area contributed by atoms with E-state index in [1.54, 1.807) is 0 Å². The molecule has 0 aliphatic rings. The number of benzene rings is 1. The van der Waals surface area contributed by atoms with Gasteiger partial charge in [0, 0.05) is 19.7 Å². The molecule has 0 bridgehead atoms. The van der Waals surface area contributed by atoms with Crippen LogP contribution in [0, 0.1) is 20.8 Å². The molecular formula is C16H20N4O. The number of hydrogen-bond donors (Lipinski definition) is 1. The van der Waals surface area contributed by atoms with Gasteiger partial charge in [0.05, 0.1) is 17.1 Å². The molecule has 0 fully saturated rings. The van der Waals surface area contributed by atoms with Gasteiger partial charge in [0.2, 0.25) is 5.95 Å². The van der Waals surface area contributed by atoms with Gasteiger partial charge in [-0.3, -0.25) is 4.79 Å². The highest BCUT2D eigenvalue weighted by Gasteiger charge is 2.13. The van der Waals surface area contributed by atoms with Crippen LogP contribution in [0.4, 0.5) is 11.6 Å². The highest BCUT2D eigenvalue weighted by atomic mass is 16.1. The molecule has 0 atom stereocenters. The number of hydrogen-bond acceptors (Lipinski definition) is 4. The molecule has 1 N–H and O–H groups in total. The van der Waals surface area contributed by atoms with Crippen LogP contribution in [0.15, 0.2) is 24.3 Å². The van der Waals surface area contributed by atoms with Crippen LogP contribution < -0.4 is 10.2 Å². The summed E-state index contributed by atoms with van der Waals surface area (Å²) in [5.74, 6) is 0.487. The zero-order chi connectivity index (χ0) is 15.6. The van der Waals surface area contributed by atoms with Gasteiger partial charge in [-0.05, 0) is 32.9 Å². The van der Waals surface area contributed by atoms with Crippen LogP contribution in [-0.4, -0.2) is 30.0 Å². The molecule has 0 aliphatic carbocycles. The third-order valence-electron chi connectivity index (χ3n) is 3.21. The van der Waals surface area contributed by atoms with E-state index in [4.69, 9.17) is 0 Å². The van der Waals surface area contributed by atoms with E-state index in [9.17, 15) is 4.79 Å². The van der Waals surface area contributed by atoms with Crippen molar-refractivity contribution in [3.63, 3.8) is 0 Å². The van der Waals surface area contributed by atoms with Gasteiger partial charge >= 0.3 is 0 Å². The van der Waals surface area contributed by atoms with Crippen molar-refractivity contribution >= 4 is 17.5 Å². The molecule has 5 nitrogen and oxygen atoms in total. The maximum atomic E-state index is 12.3. The number of aromatic nitrogens is 2. The monoisotopic (exact) mass is 284 g/mol. The third kappa shape index (κ3) is 3.37. The molecule has 5 heteroatoms. The van der Waals surface area contributed by atoms with Gasteiger partial charge in [0.25, 0.3) is 5.91 Å². The Morgan fingerprint density at radius 2 is 1.52 bits per heavy atom. The maximum Gasteiger partial charge on any atom is 0.255 e. The molecule has 0 aliphatic heterocycles. The normalized spacial score (nSPS) is 10.3. The standard InChI is InChI=1S/C16H20N4O/c1-10-6-8-13(9-7-10)15(21)19-14-11(2)17-16(20(4)5)18-12(14)3/h6-9H,1-5H3,(H,19,21). The molecule has 0 saturated carbocycles. The molecule has 1 amide bonds. The Hall–Kier alpha value is -2.43. The Bertz CT molecular complexity index is 639. The van der Waals surface area contributed by atoms with Gasteiger partial charge in [-0.1, -0.05) is 17.7 Å². The number of anilines is 2. The lowest BCUT2D eigenvalue weighted by atomic mass is 10.1. The lowest BCUT2D eigenvalue weighted by Gasteiger charge is -2.15. The van der Waals surface area contributed by atoms with Crippen molar-refractivity contribution in [2.24, 2.45) is 0 Å². The lowest BCUT2D eigenvalue weighted by Crippen LogP contribution is -2.18. The minimum Gasteiger partial charge on any atom is -0.347 e. The van der Waals surface area contributed by atoms with E-state index in [-0.39, 0.29) is 5.91 Å². The first kappa shape index (κ1) is 15.0. The van der Waals surface area contributed by atoms with Crippen molar-refractivity contribution in [3.05, 3.63) is 46.8 Å². The second-order valence-electron chi connectivity index (χ2n) is 5.28. The van der Waals surface area contributed by atoms with Gasteiger partial charge in [0.15, 0.2) is 0 Å². The fourth-order valence-corrected chi connectivity index (χ4v) is 1.97. The van der Waals surface area contributed by atoms with Crippen LogP contribution in [0.25, 0.3) is 0 Å². The van der Waals surface area contributed by atoms with E-state index in [1.807, 2.05) is 64.0 Å². The number of rotatable bonds is 3. The van der Waals surface area contributed by atoms with Gasteiger partial charge < -0.3 is 10.2 Å². The number of carbonyl (C=O) groups is 1. The van der Waals surface area contributed by atoms with Crippen molar-refractivity contribution < 1.29 is 4.79 Å². The van der Waals surface area contributed by atoms with E-state index >= 15 is 0 Å². The first-order valence-electron chi connectivity index (χ1n) is 6.79. The number of amides is 1. The summed E-state index contributed by atoms with van der Waals surface area (Å²) in [5, 5.41) is 2.90. The zero-order valence-electron chi connectivity index (χ0n) is 13.1. The SMILES string of the molecule is Cc1ccc(C(=O)Nc2c(C)nc(N(C)C)nc2C)cc1. The van der Waals surface area contributed by atoms with Crippen LogP contribution in [0.1, 0.15) is 27.3 Å². The highest BCUT2D eigenvalue weighted by molar-refractivity contribution is 6.04. The van der Waals surface area contributed by atoms with Crippen molar-refractivity contribution in [3.8, 4) is 0 Å². The van der Waals surface area contributed by atoms with Crippen molar-refractivity contribution in [2.45, 2.75) is 20.8 Å². The lowest BCUT2D eigenvalue weighted by molar-refractivity contribution is 0.102. The van der Waals surface area contributed by atoms with Gasteiger partial charge in [-0.25, -0.2) is 9.97 Å². The van der Waals surface area contributed by atoms with E-state index in [0.29, 0.717) is 17.2 Å². The van der Waals surface area contributed by atoms with Gasteiger partial charge in [0.1, 0.15) is 0 Å². The summed E-state index contributed by atoms with van der Waals surface area (Å²) < 4.78 is 0. The highest BCUT2D eigenvalue weighted by Crippen LogP contribution is 2.20. The molecule has 1 heterocycles. The van der Waals surface area contributed by atoms with Crippen LogP contribution in [-0.2, 0) is 0 Å². The minimum absolute atomic E-state index is 0.151. The third-order valence-corrected chi connectivity index (χ3v) is 3.21. The summed E-state index contributed by atoms with van der Waals surface area (Å²) in [6.07, 6.45) is 0. The molecule has 0 spiro atoms. The molecule has 1 aromatic heterocycles.